The maximum absolute atomic E-state index is 13.7. The van der Waals surface area contributed by atoms with Gasteiger partial charge < -0.3 is 9.84 Å². The Morgan fingerprint density at radius 3 is 2.41 bits per heavy atom. The van der Waals surface area contributed by atoms with Gasteiger partial charge in [0.25, 0.3) is 0 Å². The van der Waals surface area contributed by atoms with Gasteiger partial charge in [0.05, 0.1) is 12.7 Å². The number of esters is 1. The number of thioether (sulfide) groups is 1. The Labute approximate surface area is 126 Å². The van der Waals surface area contributed by atoms with E-state index in [0.717, 1.165) is 19.2 Å². The molecule has 0 aliphatic rings. The van der Waals surface area contributed by atoms with Crippen molar-refractivity contribution in [1.82, 2.24) is 0 Å². The quantitative estimate of drug-likeness (QED) is 0.386. The van der Waals surface area contributed by atoms with Crippen molar-refractivity contribution in [1.29, 1.82) is 0 Å². The second-order valence-corrected chi connectivity index (χ2v) is 4.78. The molecule has 0 bridgehead atoms. The molecule has 1 unspecified atom stereocenters. The number of phenols is 1. The van der Waals surface area contributed by atoms with Crippen molar-refractivity contribution < 1.29 is 37.0 Å². The largest absolute Gasteiger partial charge is 0.507 e. The summed E-state index contributed by atoms with van der Waals surface area (Å²) in [6, 6.07) is 5.01. The Morgan fingerprint density at radius 1 is 1.32 bits per heavy atom. The highest BCUT2D eigenvalue weighted by Gasteiger charge is 2.40. The van der Waals surface area contributed by atoms with E-state index in [1.165, 1.54) is 12.1 Å². The van der Waals surface area contributed by atoms with E-state index in [0.29, 0.717) is 0 Å². The molecule has 0 spiro atoms. The van der Waals surface area contributed by atoms with Crippen LogP contribution in [0.1, 0.15) is 10.4 Å². The number of ketones is 1. The van der Waals surface area contributed by atoms with E-state index < -0.39 is 34.8 Å². The third-order valence-electron chi connectivity index (χ3n) is 2.39. The molecule has 22 heavy (non-hydrogen) atoms. The fourth-order valence-corrected chi connectivity index (χ4v) is 2.07. The van der Waals surface area contributed by atoms with Gasteiger partial charge in [-0.25, -0.2) is 9.18 Å². The van der Waals surface area contributed by atoms with E-state index in [2.05, 4.69) is 4.74 Å². The summed E-state index contributed by atoms with van der Waals surface area (Å²) >= 11 is -0.143. The van der Waals surface area contributed by atoms with Gasteiger partial charge in [0.1, 0.15) is 11.3 Å². The number of hydrogen-bond acceptors (Lipinski definition) is 5. The minimum atomic E-state index is -5.04. The highest BCUT2D eigenvalue weighted by molar-refractivity contribution is 8.03. The monoisotopic (exact) mass is 338 g/mol. The first-order chi connectivity index (χ1) is 10.2. The average Bonchev–Trinajstić information content (AvgIpc) is 2.45. The van der Waals surface area contributed by atoms with E-state index in [-0.39, 0.29) is 22.7 Å². The summed E-state index contributed by atoms with van der Waals surface area (Å²) < 4.78 is 55.4. The number of alkyl halides is 4. The molecule has 0 aliphatic heterocycles. The van der Waals surface area contributed by atoms with Crippen molar-refractivity contribution in [3.8, 4) is 5.75 Å². The topological polar surface area (TPSA) is 63.6 Å². The van der Waals surface area contributed by atoms with Gasteiger partial charge in [-0.15, -0.1) is 0 Å². The van der Waals surface area contributed by atoms with Gasteiger partial charge >= 0.3 is 12.1 Å². The molecule has 1 N–H and O–H groups in total. The summed E-state index contributed by atoms with van der Waals surface area (Å²) in [7, 11) is 0.743. The number of aromatic hydroxyl groups is 1. The highest BCUT2D eigenvalue weighted by Crippen LogP contribution is 2.31. The van der Waals surface area contributed by atoms with E-state index in [1.54, 1.807) is 0 Å². The molecule has 0 radical (unpaired) electrons. The Kier molecular flexibility index (Phi) is 5.98. The number of benzene rings is 1. The van der Waals surface area contributed by atoms with Crippen LogP contribution in [-0.4, -0.2) is 35.6 Å². The second kappa shape index (κ2) is 7.30. The third-order valence-corrected chi connectivity index (χ3v) is 3.22. The normalized spacial score (nSPS) is 13.6. The van der Waals surface area contributed by atoms with Crippen LogP contribution in [-0.2, 0) is 9.53 Å². The maximum Gasteiger partial charge on any atom is 0.423 e. The van der Waals surface area contributed by atoms with Gasteiger partial charge in [-0.05, 0) is 17.5 Å². The molecule has 9 heteroatoms. The first kappa shape index (κ1) is 18.0. The minimum Gasteiger partial charge on any atom is -0.507 e. The lowest BCUT2D eigenvalue weighted by atomic mass is 10.1. The zero-order valence-electron chi connectivity index (χ0n) is 11.1. The van der Waals surface area contributed by atoms with E-state index >= 15 is 0 Å². The van der Waals surface area contributed by atoms with Crippen molar-refractivity contribution >= 4 is 23.5 Å². The number of methoxy groups -OCH3 is 1. The van der Waals surface area contributed by atoms with Crippen molar-refractivity contribution in [2.45, 2.75) is 11.7 Å². The number of para-hydroxylation sites is 1. The summed E-state index contributed by atoms with van der Waals surface area (Å²) in [4.78, 5) is 22.7. The fraction of sp³-hybridized carbons (Fsp3) is 0.231. The number of Topliss-reactive ketones (excluding diaryl/α,β-unsaturated/α-hetero) is 1. The fourth-order valence-electron chi connectivity index (χ4n) is 1.33. The van der Waals surface area contributed by atoms with Crippen LogP contribution in [0.2, 0.25) is 0 Å². The lowest BCUT2D eigenvalue weighted by Crippen LogP contribution is -2.21. The number of hydrogen-bond donors (Lipinski definition) is 1. The number of carbonyl (C=O) groups is 2. The highest BCUT2D eigenvalue weighted by atomic mass is 32.2. The summed E-state index contributed by atoms with van der Waals surface area (Å²) in [6.07, 6.45) is -5.04. The minimum absolute atomic E-state index is 0.143. The Hall–Kier alpha value is -2.03. The molecule has 0 saturated heterocycles. The molecule has 0 fully saturated rings. The molecule has 0 saturated carbocycles. The van der Waals surface area contributed by atoms with Crippen LogP contribution >= 0.6 is 11.8 Å². The molecule has 1 rings (SSSR count). The zero-order valence-corrected chi connectivity index (χ0v) is 11.9. The smallest absolute Gasteiger partial charge is 0.423 e. The Balaban J connectivity index is 2.93. The number of carbonyl (C=O) groups excluding carboxylic acids is 2. The molecule has 1 aromatic carbocycles. The molecule has 0 amide bonds. The van der Waals surface area contributed by atoms with Gasteiger partial charge in [-0.2, -0.15) is 13.2 Å². The van der Waals surface area contributed by atoms with Gasteiger partial charge in [-0.1, -0.05) is 23.9 Å². The lowest BCUT2D eigenvalue weighted by molar-refractivity contribution is -0.147. The summed E-state index contributed by atoms with van der Waals surface area (Å²) in [6.45, 7) is 0. The number of ether oxygens (including phenoxy) is 1. The zero-order chi connectivity index (χ0) is 16.9. The van der Waals surface area contributed by atoms with Crippen molar-refractivity contribution in [3.05, 3.63) is 40.8 Å². The first-order valence-corrected chi connectivity index (χ1v) is 6.60. The average molecular weight is 338 g/mol. The van der Waals surface area contributed by atoms with Crippen LogP contribution < -0.4 is 0 Å². The first-order valence-electron chi connectivity index (χ1n) is 5.66. The number of phenolic OH excluding ortho intramolecular Hbond substituents is 1. The van der Waals surface area contributed by atoms with Crippen LogP contribution in [0.3, 0.4) is 0 Å². The summed E-state index contributed by atoms with van der Waals surface area (Å²) in [5.41, 5.74) is -4.52. The molecule has 0 heterocycles. The molecular weight excluding hydrogens is 328 g/mol. The van der Waals surface area contributed by atoms with Gasteiger partial charge in [0.15, 0.2) is 0 Å². The van der Waals surface area contributed by atoms with E-state index in [9.17, 15) is 32.3 Å². The lowest BCUT2D eigenvalue weighted by Gasteiger charge is -2.10. The number of rotatable bonds is 5. The van der Waals surface area contributed by atoms with Crippen molar-refractivity contribution in [2.75, 3.05) is 7.11 Å². The molecule has 0 aromatic heterocycles. The van der Waals surface area contributed by atoms with Gasteiger partial charge in [0, 0.05) is 0 Å². The van der Waals surface area contributed by atoms with Crippen LogP contribution in [0.25, 0.3) is 0 Å². The van der Waals surface area contributed by atoms with Gasteiger partial charge in [0.2, 0.25) is 11.3 Å². The van der Waals surface area contributed by atoms with Crippen LogP contribution in [0.4, 0.5) is 17.6 Å². The van der Waals surface area contributed by atoms with Crippen molar-refractivity contribution in [2.24, 2.45) is 0 Å². The molecule has 1 atom stereocenters. The maximum atomic E-state index is 13.7. The molecule has 4 nitrogen and oxygen atoms in total. The second-order valence-electron chi connectivity index (χ2n) is 3.85. The van der Waals surface area contributed by atoms with E-state index in [1.807, 2.05) is 0 Å². The molecule has 0 aliphatic carbocycles. The van der Waals surface area contributed by atoms with E-state index in [4.69, 9.17) is 0 Å². The molecular formula is C13H10F4O4S. The SMILES string of the molecule is COC(=O)C(=CSC(F)C(=O)c1ccccc1O)C(F)(F)F. The molecule has 120 valence electrons. The predicted molar refractivity (Wildman–Crippen MR) is 71.1 cm³/mol. The molecule has 1 aromatic rings. The standard InChI is InChI=1S/C13H10F4O4S/c1-21-12(20)8(13(15,16)17)6-22-11(14)10(19)7-4-2-3-5-9(7)18/h2-6,11,18H,1H3. The van der Waals surface area contributed by atoms with Crippen molar-refractivity contribution in [3.63, 3.8) is 0 Å². The summed E-state index contributed by atoms with van der Waals surface area (Å²) in [5.74, 6) is -3.41. The van der Waals surface area contributed by atoms with Crippen LogP contribution in [0.15, 0.2) is 35.2 Å². The Bertz CT molecular complexity index is 598. The Morgan fingerprint density at radius 2 is 1.91 bits per heavy atom. The van der Waals surface area contributed by atoms with Crippen LogP contribution in [0.5, 0.6) is 5.75 Å². The van der Waals surface area contributed by atoms with Crippen LogP contribution in [0, 0.1) is 0 Å². The van der Waals surface area contributed by atoms with Gasteiger partial charge in [-0.3, -0.25) is 4.79 Å². The third kappa shape index (κ3) is 4.48. The summed E-state index contributed by atoms with van der Waals surface area (Å²) in [5, 5.41) is 9.57. The predicted octanol–water partition coefficient (Wildman–Crippen LogP) is 3.22. The number of halogens is 4.